The molecule has 8 heteroatoms. The van der Waals surface area contributed by atoms with Crippen molar-refractivity contribution in [1.29, 1.82) is 0 Å². The summed E-state index contributed by atoms with van der Waals surface area (Å²) in [5, 5.41) is 4.57. The topological polar surface area (TPSA) is 65.3 Å². The zero-order valence-corrected chi connectivity index (χ0v) is 19.8. The van der Waals surface area contributed by atoms with Gasteiger partial charge in [0.25, 0.3) is 0 Å². The Morgan fingerprint density at radius 3 is 2.32 bits per heavy atom. The van der Waals surface area contributed by atoms with Crippen LogP contribution >= 0.6 is 0 Å². The van der Waals surface area contributed by atoms with Gasteiger partial charge >= 0.3 is 13.2 Å². The number of carbonyl (C=O) groups excluding carboxylic acids is 1. The number of aromatic nitrogens is 2. The number of nitrogens with zero attached hydrogens (tertiary/aromatic N) is 3. The Kier molecular flexibility index (Phi) is 5.37. The van der Waals surface area contributed by atoms with Gasteiger partial charge in [-0.25, -0.2) is 9.31 Å². The summed E-state index contributed by atoms with van der Waals surface area (Å²) >= 11 is 0. The Balaban J connectivity index is 1.45. The van der Waals surface area contributed by atoms with Crippen LogP contribution in [0.2, 0.25) is 0 Å². The van der Waals surface area contributed by atoms with Gasteiger partial charge in [0.05, 0.1) is 16.7 Å². The molecule has 2 aromatic heterocycles. The molecule has 4 heterocycles. The number of fused-ring (bicyclic) bond motifs is 1. The van der Waals surface area contributed by atoms with Crippen molar-refractivity contribution in [3.63, 3.8) is 0 Å². The highest BCUT2D eigenvalue weighted by Gasteiger charge is 2.52. The van der Waals surface area contributed by atoms with Gasteiger partial charge in [-0.05, 0) is 78.9 Å². The van der Waals surface area contributed by atoms with E-state index in [0.717, 1.165) is 23.8 Å². The molecule has 0 radical (unpaired) electrons. The zero-order valence-electron chi connectivity index (χ0n) is 19.8. The average Bonchev–Trinajstić information content (AvgIpc) is 3.17. The van der Waals surface area contributed by atoms with Crippen LogP contribution in [0.5, 0.6) is 0 Å². The van der Waals surface area contributed by atoms with Crippen molar-refractivity contribution in [3.05, 3.63) is 30.1 Å². The summed E-state index contributed by atoms with van der Waals surface area (Å²) in [4.78, 5) is 14.1. The summed E-state index contributed by atoms with van der Waals surface area (Å²) in [5.74, 6) is 0.396. The molecule has 2 saturated heterocycles. The summed E-state index contributed by atoms with van der Waals surface area (Å²) < 4.78 is 19.8. The molecule has 0 atom stereocenters. The van der Waals surface area contributed by atoms with E-state index in [9.17, 15) is 4.79 Å². The highest BCUT2D eigenvalue weighted by atomic mass is 16.7. The molecule has 0 aliphatic carbocycles. The van der Waals surface area contributed by atoms with E-state index < -0.39 is 12.7 Å². The number of likely N-dealkylation sites (tertiary alicyclic amines) is 1. The van der Waals surface area contributed by atoms with E-state index in [1.165, 1.54) is 5.56 Å². The number of carbonyl (C=O) groups is 1. The quantitative estimate of drug-likeness (QED) is 0.684. The van der Waals surface area contributed by atoms with Gasteiger partial charge in [0.15, 0.2) is 0 Å². The third-order valence-corrected chi connectivity index (χ3v) is 6.69. The van der Waals surface area contributed by atoms with E-state index >= 15 is 0 Å². The molecule has 2 aliphatic rings. The first-order chi connectivity index (χ1) is 14.4. The van der Waals surface area contributed by atoms with Crippen LogP contribution in [0.15, 0.2) is 24.5 Å². The number of hydrogen-bond donors (Lipinski definition) is 0. The number of ether oxygens (including phenoxy) is 1. The third-order valence-electron chi connectivity index (χ3n) is 6.69. The molecule has 0 N–H and O–H groups in total. The molecule has 7 nitrogen and oxygen atoms in total. The highest BCUT2D eigenvalue weighted by molar-refractivity contribution is 6.64. The maximum atomic E-state index is 12.3. The maximum absolute atomic E-state index is 12.3. The second-order valence-electron chi connectivity index (χ2n) is 10.7. The lowest BCUT2D eigenvalue weighted by atomic mass is 9.80. The first-order valence-corrected chi connectivity index (χ1v) is 11.2. The van der Waals surface area contributed by atoms with Crippen molar-refractivity contribution >= 4 is 24.2 Å². The number of amides is 1. The molecule has 4 rings (SSSR count). The average molecular weight is 427 g/mol. The molecular formula is C23H34BN3O4. The summed E-state index contributed by atoms with van der Waals surface area (Å²) in [7, 11) is -0.426. The lowest BCUT2D eigenvalue weighted by Gasteiger charge is -2.33. The number of rotatable bonds is 2. The van der Waals surface area contributed by atoms with Crippen molar-refractivity contribution in [2.75, 3.05) is 13.1 Å². The second-order valence-corrected chi connectivity index (χ2v) is 10.7. The highest BCUT2D eigenvalue weighted by Crippen LogP contribution is 2.37. The zero-order chi connectivity index (χ0) is 22.6. The maximum Gasteiger partial charge on any atom is 0.498 e. The first-order valence-electron chi connectivity index (χ1n) is 11.2. The lowest BCUT2D eigenvalue weighted by Crippen LogP contribution is -2.41. The molecule has 0 saturated carbocycles. The summed E-state index contributed by atoms with van der Waals surface area (Å²) in [6.07, 6.45) is 5.54. The van der Waals surface area contributed by atoms with Crippen LogP contribution in [0.4, 0.5) is 4.79 Å². The first kappa shape index (κ1) is 22.2. The Morgan fingerprint density at radius 1 is 1.13 bits per heavy atom. The van der Waals surface area contributed by atoms with Crippen LogP contribution in [-0.2, 0) is 14.0 Å². The Morgan fingerprint density at radius 2 is 1.74 bits per heavy atom. The molecule has 0 unspecified atom stereocenters. The van der Waals surface area contributed by atoms with Gasteiger partial charge in [0.2, 0.25) is 0 Å². The number of hydrogen-bond acceptors (Lipinski definition) is 5. The van der Waals surface area contributed by atoms with Crippen LogP contribution in [-0.4, -0.2) is 57.6 Å². The van der Waals surface area contributed by atoms with E-state index in [-0.39, 0.29) is 17.3 Å². The smallest absolute Gasteiger partial charge is 0.444 e. The van der Waals surface area contributed by atoms with Crippen molar-refractivity contribution in [2.45, 2.75) is 84.0 Å². The predicted octanol–water partition coefficient (Wildman–Crippen LogP) is 3.75. The van der Waals surface area contributed by atoms with Crippen LogP contribution in [0, 0.1) is 0 Å². The largest absolute Gasteiger partial charge is 0.498 e. The van der Waals surface area contributed by atoms with E-state index in [2.05, 4.69) is 51.1 Å². The monoisotopic (exact) mass is 427 g/mol. The normalized spacial score (nSPS) is 21.6. The van der Waals surface area contributed by atoms with E-state index in [1.807, 2.05) is 36.4 Å². The molecule has 1 amide bonds. The number of piperidine rings is 1. The van der Waals surface area contributed by atoms with E-state index in [1.54, 1.807) is 0 Å². The van der Waals surface area contributed by atoms with Gasteiger partial charge in [0.1, 0.15) is 5.60 Å². The Labute approximate surface area is 185 Å². The molecular weight excluding hydrogens is 393 g/mol. The predicted molar refractivity (Wildman–Crippen MR) is 121 cm³/mol. The van der Waals surface area contributed by atoms with Crippen LogP contribution in [0.3, 0.4) is 0 Å². The van der Waals surface area contributed by atoms with Gasteiger partial charge in [0, 0.05) is 30.9 Å². The Hall–Kier alpha value is -2.06. The molecule has 2 aromatic rings. The van der Waals surface area contributed by atoms with Gasteiger partial charge in [-0.15, -0.1) is 0 Å². The summed E-state index contributed by atoms with van der Waals surface area (Å²) in [6, 6.07) is 4.27. The SMILES string of the molecule is CC(C)(C)OC(=O)N1CCC(c2ccc3c(B4OC(C)(C)C(C)(C)O4)cnn3c2)CC1. The van der Waals surface area contributed by atoms with Gasteiger partial charge in [-0.2, -0.15) is 5.10 Å². The minimum absolute atomic E-state index is 0.222. The number of pyridine rings is 1. The second kappa shape index (κ2) is 7.52. The van der Waals surface area contributed by atoms with Gasteiger partial charge in [-0.3, -0.25) is 0 Å². The van der Waals surface area contributed by atoms with Crippen LogP contribution < -0.4 is 5.46 Å². The molecule has 0 spiro atoms. The van der Waals surface area contributed by atoms with Crippen molar-refractivity contribution in [2.24, 2.45) is 0 Å². The van der Waals surface area contributed by atoms with Crippen molar-refractivity contribution in [1.82, 2.24) is 14.5 Å². The minimum Gasteiger partial charge on any atom is -0.444 e. The fraction of sp³-hybridized carbons (Fsp3) is 0.652. The van der Waals surface area contributed by atoms with Gasteiger partial charge < -0.3 is 18.9 Å². The van der Waals surface area contributed by atoms with Crippen molar-refractivity contribution in [3.8, 4) is 0 Å². The molecule has 2 aliphatic heterocycles. The molecule has 2 fully saturated rings. The Bertz CT molecular complexity index is 955. The standard InChI is InChI=1S/C23H34BN3O4/c1-21(2,3)29-20(28)26-12-10-16(11-13-26)17-8-9-19-18(14-25-27(19)15-17)24-30-22(4,5)23(6,7)31-24/h8-9,14-16H,10-13H2,1-7H3. The molecule has 0 aromatic carbocycles. The summed E-state index contributed by atoms with van der Waals surface area (Å²) in [5.41, 5.74) is 1.95. The molecule has 0 bridgehead atoms. The van der Waals surface area contributed by atoms with E-state index in [0.29, 0.717) is 19.0 Å². The van der Waals surface area contributed by atoms with Crippen LogP contribution in [0.1, 0.15) is 72.8 Å². The molecule has 168 valence electrons. The molecule has 31 heavy (non-hydrogen) atoms. The lowest BCUT2D eigenvalue weighted by molar-refractivity contribution is 0.00578. The van der Waals surface area contributed by atoms with Gasteiger partial charge in [-0.1, -0.05) is 6.07 Å². The minimum atomic E-state index is -0.464. The van der Waals surface area contributed by atoms with Crippen LogP contribution in [0.25, 0.3) is 5.52 Å². The fourth-order valence-corrected chi connectivity index (χ4v) is 4.13. The van der Waals surface area contributed by atoms with Crippen molar-refractivity contribution < 1.29 is 18.8 Å². The third kappa shape index (κ3) is 4.33. The summed E-state index contributed by atoms with van der Waals surface area (Å²) in [6.45, 7) is 15.3. The fourth-order valence-electron chi connectivity index (χ4n) is 4.13. The van der Waals surface area contributed by atoms with E-state index in [4.69, 9.17) is 14.0 Å².